The number of aromatic nitrogens is 1. The first-order valence-corrected chi connectivity index (χ1v) is 8.45. The molecule has 1 heterocycles. The first-order valence-electron chi connectivity index (χ1n) is 7.64. The van der Waals surface area contributed by atoms with Gasteiger partial charge in [0.15, 0.2) is 5.13 Å². The second-order valence-corrected chi connectivity index (χ2v) is 7.21. The van der Waals surface area contributed by atoms with Gasteiger partial charge in [0, 0.05) is 10.9 Å². The van der Waals surface area contributed by atoms with Gasteiger partial charge in [0.1, 0.15) is 5.92 Å². The maximum absolute atomic E-state index is 11.2. The van der Waals surface area contributed by atoms with E-state index in [9.17, 15) is 9.90 Å². The van der Waals surface area contributed by atoms with E-state index in [1.54, 1.807) is 11.3 Å². The highest BCUT2D eigenvalue weighted by atomic mass is 32.1. The first-order chi connectivity index (χ1) is 9.65. The highest BCUT2D eigenvalue weighted by molar-refractivity contribution is 7.15. The maximum atomic E-state index is 11.2. The molecule has 2 N–H and O–H groups in total. The minimum atomic E-state index is -0.733. The number of aryl methyl sites for hydroxylation is 1. The molecule has 110 valence electrons. The van der Waals surface area contributed by atoms with E-state index in [0.29, 0.717) is 18.4 Å². The van der Waals surface area contributed by atoms with Gasteiger partial charge in [-0.1, -0.05) is 26.2 Å². The maximum Gasteiger partial charge on any atom is 0.312 e. The topological polar surface area (TPSA) is 62.2 Å². The van der Waals surface area contributed by atoms with Crippen molar-refractivity contribution in [3.63, 3.8) is 0 Å². The average molecular weight is 294 g/mol. The van der Waals surface area contributed by atoms with Crippen LogP contribution < -0.4 is 5.32 Å². The van der Waals surface area contributed by atoms with Crippen molar-refractivity contribution >= 4 is 22.4 Å². The van der Waals surface area contributed by atoms with Crippen molar-refractivity contribution in [2.45, 2.75) is 63.8 Å². The largest absolute Gasteiger partial charge is 0.481 e. The molecule has 1 aromatic rings. The third kappa shape index (κ3) is 2.68. The molecule has 0 radical (unpaired) electrons. The fourth-order valence-corrected chi connectivity index (χ4v) is 4.50. The zero-order valence-corrected chi connectivity index (χ0v) is 12.7. The predicted octanol–water partition coefficient (Wildman–Crippen LogP) is 3.64. The van der Waals surface area contributed by atoms with Gasteiger partial charge in [-0.3, -0.25) is 4.79 Å². The van der Waals surface area contributed by atoms with Gasteiger partial charge in [-0.15, -0.1) is 11.3 Å². The number of carbonyl (C=O) groups is 1. The summed E-state index contributed by atoms with van der Waals surface area (Å²) in [5.74, 6) is -0.446. The highest BCUT2D eigenvalue weighted by Crippen LogP contribution is 2.39. The Kier molecular flexibility index (Phi) is 3.96. The molecule has 0 aliphatic heterocycles. The lowest BCUT2D eigenvalue weighted by molar-refractivity contribution is -0.138. The summed E-state index contributed by atoms with van der Waals surface area (Å²) in [6.45, 7) is 2.31. The van der Waals surface area contributed by atoms with Crippen molar-refractivity contribution in [1.82, 2.24) is 4.98 Å². The normalized spacial score (nSPS) is 29.8. The van der Waals surface area contributed by atoms with E-state index in [1.807, 2.05) is 0 Å². The van der Waals surface area contributed by atoms with Crippen molar-refractivity contribution in [3.05, 3.63) is 10.6 Å². The van der Waals surface area contributed by atoms with E-state index in [4.69, 9.17) is 0 Å². The van der Waals surface area contributed by atoms with Crippen molar-refractivity contribution in [2.24, 2.45) is 5.92 Å². The molecule has 0 bridgehead atoms. The number of carboxylic acids is 1. The summed E-state index contributed by atoms with van der Waals surface area (Å²) >= 11 is 1.66. The number of thiazole rings is 1. The molecule has 2 aliphatic carbocycles. The summed E-state index contributed by atoms with van der Waals surface area (Å²) in [4.78, 5) is 17.0. The van der Waals surface area contributed by atoms with Crippen LogP contribution in [0.3, 0.4) is 0 Å². The molecule has 2 aliphatic rings. The number of nitrogens with one attached hydrogen (secondary N) is 1. The minimum Gasteiger partial charge on any atom is -0.481 e. The molecular weight excluding hydrogens is 272 g/mol. The van der Waals surface area contributed by atoms with E-state index in [1.165, 1.54) is 37.0 Å². The van der Waals surface area contributed by atoms with E-state index in [2.05, 4.69) is 17.2 Å². The van der Waals surface area contributed by atoms with Gasteiger partial charge in [0.2, 0.25) is 0 Å². The van der Waals surface area contributed by atoms with Crippen LogP contribution in [-0.2, 0) is 11.2 Å². The number of hydrogen-bond acceptors (Lipinski definition) is 4. The van der Waals surface area contributed by atoms with E-state index >= 15 is 0 Å². The number of fused-ring (bicyclic) bond motifs is 1. The van der Waals surface area contributed by atoms with Crippen LogP contribution in [0.4, 0.5) is 5.13 Å². The molecule has 3 unspecified atom stereocenters. The molecular formula is C15H22N2O2S. The molecule has 20 heavy (non-hydrogen) atoms. The number of rotatable bonds is 3. The van der Waals surface area contributed by atoms with Crippen molar-refractivity contribution in [1.29, 1.82) is 0 Å². The summed E-state index contributed by atoms with van der Waals surface area (Å²) in [6, 6.07) is 0.493. The summed E-state index contributed by atoms with van der Waals surface area (Å²) in [5, 5.41) is 13.7. The summed E-state index contributed by atoms with van der Waals surface area (Å²) in [7, 11) is 0. The number of aliphatic carboxylic acids is 1. The molecule has 0 saturated heterocycles. The van der Waals surface area contributed by atoms with Gasteiger partial charge >= 0.3 is 5.97 Å². The minimum absolute atomic E-state index is 0.386. The van der Waals surface area contributed by atoms with Gasteiger partial charge in [-0.2, -0.15) is 0 Å². The molecule has 0 spiro atoms. The predicted molar refractivity (Wildman–Crippen MR) is 80.5 cm³/mol. The molecule has 0 aromatic carbocycles. The lowest BCUT2D eigenvalue weighted by atomic mass is 9.97. The standard InChI is InChI=1S/C15H22N2O2S/c1-9-5-3-2-4-6-11(9)16-15-17-13-10(14(18)19)7-8-12(13)20-15/h9-11H,2-8H2,1H3,(H,16,17)(H,18,19). The van der Waals surface area contributed by atoms with E-state index in [0.717, 1.165) is 17.2 Å². The van der Waals surface area contributed by atoms with Crippen LogP contribution in [0.5, 0.6) is 0 Å². The Hall–Kier alpha value is -1.10. The van der Waals surface area contributed by atoms with Crippen molar-refractivity contribution in [2.75, 3.05) is 5.32 Å². The Labute approximate surface area is 123 Å². The van der Waals surface area contributed by atoms with Crippen LogP contribution >= 0.6 is 11.3 Å². The summed E-state index contributed by atoms with van der Waals surface area (Å²) < 4.78 is 0. The summed E-state index contributed by atoms with van der Waals surface area (Å²) in [6.07, 6.45) is 8.00. The van der Waals surface area contributed by atoms with Crippen LogP contribution in [0.25, 0.3) is 0 Å². The average Bonchev–Trinajstić information content (AvgIpc) is 2.89. The Balaban J connectivity index is 1.72. The monoisotopic (exact) mass is 294 g/mol. The van der Waals surface area contributed by atoms with Crippen molar-refractivity contribution < 1.29 is 9.90 Å². The van der Waals surface area contributed by atoms with Gasteiger partial charge in [-0.05, 0) is 31.6 Å². The molecule has 3 rings (SSSR count). The lowest BCUT2D eigenvalue weighted by Gasteiger charge is -2.22. The van der Waals surface area contributed by atoms with Crippen LogP contribution in [0, 0.1) is 5.92 Å². The number of carboxylic acid groups (broad SMARTS) is 1. The van der Waals surface area contributed by atoms with Crippen LogP contribution in [0.2, 0.25) is 0 Å². The molecule has 1 aromatic heterocycles. The highest BCUT2D eigenvalue weighted by Gasteiger charge is 2.33. The zero-order valence-electron chi connectivity index (χ0n) is 11.9. The Morgan fingerprint density at radius 3 is 2.90 bits per heavy atom. The number of nitrogens with zero attached hydrogens (tertiary/aromatic N) is 1. The fraction of sp³-hybridized carbons (Fsp3) is 0.733. The first kappa shape index (κ1) is 13.9. The molecule has 5 heteroatoms. The van der Waals surface area contributed by atoms with E-state index in [-0.39, 0.29) is 5.92 Å². The second kappa shape index (κ2) is 5.72. The Morgan fingerprint density at radius 1 is 1.30 bits per heavy atom. The SMILES string of the molecule is CC1CCCCCC1Nc1nc2c(s1)CCC2C(=O)O. The fourth-order valence-electron chi connectivity index (χ4n) is 3.40. The molecule has 0 amide bonds. The number of anilines is 1. The van der Waals surface area contributed by atoms with Crippen LogP contribution in [0.15, 0.2) is 0 Å². The van der Waals surface area contributed by atoms with Crippen molar-refractivity contribution in [3.8, 4) is 0 Å². The van der Waals surface area contributed by atoms with Gasteiger partial charge in [0.05, 0.1) is 5.69 Å². The smallest absolute Gasteiger partial charge is 0.312 e. The molecule has 3 atom stereocenters. The molecule has 4 nitrogen and oxygen atoms in total. The Bertz CT molecular complexity index is 500. The lowest BCUT2D eigenvalue weighted by Crippen LogP contribution is -2.26. The van der Waals surface area contributed by atoms with Gasteiger partial charge in [0.25, 0.3) is 0 Å². The van der Waals surface area contributed by atoms with Gasteiger partial charge < -0.3 is 10.4 Å². The van der Waals surface area contributed by atoms with E-state index < -0.39 is 5.97 Å². The second-order valence-electron chi connectivity index (χ2n) is 6.12. The third-order valence-electron chi connectivity index (χ3n) is 4.69. The Morgan fingerprint density at radius 2 is 2.10 bits per heavy atom. The summed E-state index contributed by atoms with van der Waals surface area (Å²) in [5.41, 5.74) is 0.811. The molecule has 1 fully saturated rings. The number of hydrogen-bond donors (Lipinski definition) is 2. The molecule has 1 saturated carbocycles. The quantitative estimate of drug-likeness (QED) is 0.836. The zero-order chi connectivity index (χ0) is 14.1. The third-order valence-corrected chi connectivity index (χ3v) is 5.75. The van der Waals surface area contributed by atoms with Crippen LogP contribution in [0.1, 0.15) is 61.9 Å². The van der Waals surface area contributed by atoms with Crippen LogP contribution in [-0.4, -0.2) is 22.1 Å². The van der Waals surface area contributed by atoms with Gasteiger partial charge in [-0.25, -0.2) is 4.98 Å².